The van der Waals surface area contributed by atoms with Crippen LogP contribution in [0, 0.1) is 18.8 Å². The van der Waals surface area contributed by atoms with Crippen molar-refractivity contribution in [2.24, 2.45) is 11.8 Å². The second-order valence-electron chi connectivity index (χ2n) is 20.9. The molecule has 1 radical (unpaired) electrons. The van der Waals surface area contributed by atoms with Crippen LogP contribution in [0.3, 0.4) is 0 Å². The summed E-state index contributed by atoms with van der Waals surface area (Å²) in [6.45, 7) is 13.9. The molecule has 0 aliphatic heterocycles. The Kier molecular flexibility index (Phi) is 16.9. The van der Waals surface area contributed by atoms with Crippen LogP contribution in [0.15, 0.2) is 175 Å². The van der Waals surface area contributed by atoms with E-state index in [1.165, 1.54) is 103 Å². The SMILES string of the molecule is C[Si](C)(C)c1cnc(-c2ccccc2)cc1CC1CCCC1.Cc1cnc(-c2cccc3c2oc2cccc(-c4ccccc4)c23)cc1C(C)C.[Ir].c1ccc(-c2cc(CC3CCCC3)ccn2)cc1. The summed E-state index contributed by atoms with van der Waals surface area (Å²) in [5.74, 6) is 2.24. The first-order valence-electron chi connectivity index (χ1n) is 25.6. The number of benzene rings is 5. The number of furan rings is 1. The average molecular weight is 1120 g/mol. The van der Waals surface area contributed by atoms with E-state index in [2.05, 4.69) is 185 Å². The molecule has 2 aliphatic carbocycles. The molecule has 4 nitrogen and oxygen atoms in total. The van der Waals surface area contributed by atoms with Crippen molar-refractivity contribution < 1.29 is 24.5 Å². The summed E-state index contributed by atoms with van der Waals surface area (Å²) in [7, 11) is -1.34. The first-order valence-corrected chi connectivity index (χ1v) is 29.1. The smallest absolute Gasteiger partial charge is 0.144 e. The van der Waals surface area contributed by atoms with Crippen molar-refractivity contribution in [1.29, 1.82) is 0 Å². The molecule has 5 aromatic carbocycles. The zero-order chi connectivity index (χ0) is 47.7. The second kappa shape index (κ2) is 23.4. The molecule has 6 heteroatoms. The fraction of sp³-hybridized carbons (Fsp3) is 0.297. The van der Waals surface area contributed by atoms with Crippen molar-refractivity contribution >= 4 is 35.2 Å². The number of hydrogen-bond donors (Lipinski definition) is 0. The molecular weight excluding hydrogens is 1050 g/mol. The maximum Gasteiger partial charge on any atom is 0.144 e. The monoisotopic (exact) mass is 1120 g/mol. The molecule has 11 rings (SSSR count). The van der Waals surface area contributed by atoms with Gasteiger partial charge < -0.3 is 4.42 Å². The minimum absolute atomic E-state index is 0. The fourth-order valence-corrected chi connectivity index (χ4v) is 12.4. The molecule has 70 heavy (non-hydrogen) atoms. The van der Waals surface area contributed by atoms with Crippen LogP contribution in [-0.4, -0.2) is 23.0 Å². The van der Waals surface area contributed by atoms with Crippen LogP contribution in [-0.2, 0) is 32.9 Å². The van der Waals surface area contributed by atoms with Crippen molar-refractivity contribution in [2.45, 2.75) is 111 Å². The Hall–Kier alpha value is -5.78. The maximum absolute atomic E-state index is 6.39. The van der Waals surface area contributed by atoms with Crippen LogP contribution in [0.25, 0.3) is 66.8 Å². The van der Waals surface area contributed by atoms with Crippen LogP contribution in [0.4, 0.5) is 0 Å². The molecule has 0 spiro atoms. The van der Waals surface area contributed by atoms with Crippen molar-refractivity contribution in [3.8, 4) is 44.9 Å². The molecular formula is C64H69IrN3OSi. The third-order valence-corrected chi connectivity index (χ3v) is 16.5. The van der Waals surface area contributed by atoms with E-state index in [0.717, 1.165) is 56.4 Å². The molecule has 4 heterocycles. The Morgan fingerprint density at radius 3 is 1.73 bits per heavy atom. The standard InChI is InChI=1S/C27H23NO.C20H27NSi.C17H19N.Ir/c1-17(2)23-15-24(28-16-18(23)3)21-12-7-13-22-26-20(19-9-5-4-6-10-19)11-8-14-25(26)29-27(21)22;1-22(2,3)20-15-21-19(17-11-5-4-6-12-17)14-18(20)13-16-9-7-8-10-16;1-2-8-16(9-3-1)17-13-15(10-11-18-17)12-14-6-4-5-7-14;/h4-17H,1-3H3;4-6,11-12,14-16H,7-10,13H2,1-3H3;1-3,8-11,13-14H,4-7,12H2;. The van der Waals surface area contributed by atoms with Gasteiger partial charge in [-0.1, -0.05) is 200 Å². The van der Waals surface area contributed by atoms with E-state index in [4.69, 9.17) is 14.4 Å². The van der Waals surface area contributed by atoms with Gasteiger partial charge in [0.15, 0.2) is 0 Å². The Balaban J connectivity index is 0.000000145. The molecule has 0 bridgehead atoms. The number of aryl methyl sites for hydroxylation is 1. The van der Waals surface area contributed by atoms with Gasteiger partial charge in [0, 0.05) is 66.2 Å². The topological polar surface area (TPSA) is 51.8 Å². The summed E-state index contributed by atoms with van der Waals surface area (Å²) >= 11 is 0. The van der Waals surface area contributed by atoms with Gasteiger partial charge in [0.2, 0.25) is 0 Å². The van der Waals surface area contributed by atoms with Gasteiger partial charge in [0.25, 0.3) is 0 Å². The number of nitrogens with zero attached hydrogens (tertiary/aromatic N) is 3. The molecule has 359 valence electrons. The fourth-order valence-electron chi connectivity index (χ4n) is 10.8. The van der Waals surface area contributed by atoms with Crippen molar-refractivity contribution in [1.82, 2.24) is 15.0 Å². The van der Waals surface area contributed by atoms with Gasteiger partial charge in [0.1, 0.15) is 11.2 Å². The first-order chi connectivity index (χ1) is 33.6. The summed E-state index contributed by atoms with van der Waals surface area (Å²) in [6, 6.07) is 53.2. The summed E-state index contributed by atoms with van der Waals surface area (Å²) in [6.07, 6.45) is 19.9. The van der Waals surface area contributed by atoms with Gasteiger partial charge in [-0.25, -0.2) is 0 Å². The number of aromatic nitrogens is 3. The predicted molar refractivity (Wildman–Crippen MR) is 295 cm³/mol. The van der Waals surface area contributed by atoms with Crippen molar-refractivity contribution in [3.63, 3.8) is 0 Å². The number of fused-ring (bicyclic) bond motifs is 3. The molecule has 0 N–H and O–H groups in total. The van der Waals surface area contributed by atoms with Gasteiger partial charge in [-0.3, -0.25) is 15.0 Å². The molecule has 4 aromatic heterocycles. The summed E-state index contributed by atoms with van der Waals surface area (Å²) < 4.78 is 6.39. The quantitative estimate of drug-likeness (QED) is 0.128. The number of pyridine rings is 3. The van der Waals surface area contributed by atoms with E-state index < -0.39 is 8.07 Å². The van der Waals surface area contributed by atoms with Gasteiger partial charge in [-0.2, -0.15) is 0 Å². The molecule has 0 atom stereocenters. The van der Waals surface area contributed by atoms with E-state index >= 15 is 0 Å². The van der Waals surface area contributed by atoms with E-state index in [-0.39, 0.29) is 20.1 Å². The zero-order valence-electron chi connectivity index (χ0n) is 42.1. The van der Waals surface area contributed by atoms with Crippen LogP contribution in [0.1, 0.15) is 93.4 Å². The van der Waals surface area contributed by atoms with Crippen LogP contribution >= 0.6 is 0 Å². The number of para-hydroxylation sites is 1. The van der Waals surface area contributed by atoms with Crippen molar-refractivity contribution in [3.05, 3.63) is 193 Å². The molecule has 0 amide bonds. The minimum atomic E-state index is -1.34. The van der Waals surface area contributed by atoms with Crippen LogP contribution in [0.5, 0.6) is 0 Å². The first kappa shape index (κ1) is 50.6. The Labute approximate surface area is 431 Å². The summed E-state index contributed by atoms with van der Waals surface area (Å²) in [5, 5.41) is 3.84. The van der Waals surface area contributed by atoms with E-state index in [0.29, 0.717) is 5.92 Å². The third kappa shape index (κ3) is 12.2. The number of rotatable bonds is 10. The predicted octanol–water partition coefficient (Wildman–Crippen LogP) is 17.3. The van der Waals surface area contributed by atoms with Gasteiger partial charge in [-0.15, -0.1) is 0 Å². The van der Waals surface area contributed by atoms with Crippen LogP contribution < -0.4 is 5.19 Å². The van der Waals surface area contributed by atoms with E-state index in [1.807, 2.05) is 30.6 Å². The zero-order valence-corrected chi connectivity index (χ0v) is 45.4. The largest absolute Gasteiger partial charge is 0.455 e. The maximum atomic E-state index is 6.39. The summed E-state index contributed by atoms with van der Waals surface area (Å²) in [4.78, 5) is 14.0. The Morgan fingerprint density at radius 2 is 1.11 bits per heavy atom. The Bertz CT molecular complexity index is 3090. The summed E-state index contributed by atoms with van der Waals surface area (Å²) in [5.41, 5.74) is 16.5. The molecule has 0 unspecified atom stereocenters. The normalized spacial score (nSPS) is 14.0. The molecule has 2 aliphatic rings. The van der Waals surface area contributed by atoms with Gasteiger partial charge >= 0.3 is 0 Å². The van der Waals surface area contributed by atoms with E-state index in [9.17, 15) is 0 Å². The third-order valence-electron chi connectivity index (χ3n) is 14.4. The van der Waals surface area contributed by atoms with Crippen LogP contribution in [0.2, 0.25) is 19.6 Å². The van der Waals surface area contributed by atoms with Gasteiger partial charge in [-0.05, 0) is 112 Å². The molecule has 9 aromatic rings. The van der Waals surface area contributed by atoms with Crippen molar-refractivity contribution in [2.75, 3.05) is 0 Å². The minimum Gasteiger partial charge on any atom is -0.455 e. The van der Waals surface area contributed by atoms with E-state index in [1.54, 1.807) is 10.8 Å². The Morgan fingerprint density at radius 1 is 0.557 bits per heavy atom. The number of hydrogen-bond acceptors (Lipinski definition) is 4. The second-order valence-corrected chi connectivity index (χ2v) is 25.9. The average Bonchev–Trinajstić information content (AvgIpc) is 4.18. The molecule has 2 fully saturated rings. The van der Waals surface area contributed by atoms with Gasteiger partial charge in [0.05, 0.1) is 25.2 Å². The molecule has 0 saturated heterocycles. The molecule has 2 saturated carbocycles.